The monoisotopic (exact) mass is 349 g/mol. The van der Waals surface area contributed by atoms with Crippen LogP contribution in [0.4, 0.5) is 5.13 Å². The second-order valence-electron chi connectivity index (χ2n) is 4.01. The smallest absolute Gasteiger partial charge is 0.234 e. The summed E-state index contributed by atoms with van der Waals surface area (Å²) in [7, 11) is -3.52. The van der Waals surface area contributed by atoms with E-state index in [0.29, 0.717) is 30.6 Å². The number of hydrogen-bond donors (Lipinski definition) is 1. The number of aromatic nitrogens is 4. The molecule has 2 aromatic heterocycles. The molecule has 0 aromatic carbocycles. The van der Waals surface area contributed by atoms with E-state index in [1.165, 1.54) is 6.20 Å². The van der Waals surface area contributed by atoms with Crippen molar-refractivity contribution in [3.05, 3.63) is 11.9 Å². The van der Waals surface area contributed by atoms with Crippen LogP contribution < -0.4 is 5.32 Å². The number of hydrogen-bond acceptors (Lipinski definition) is 10. The van der Waals surface area contributed by atoms with Crippen LogP contribution >= 0.6 is 23.1 Å². The van der Waals surface area contributed by atoms with Gasteiger partial charge >= 0.3 is 0 Å². The molecule has 11 heteroatoms. The number of ether oxygens (including phenoxy) is 1. The van der Waals surface area contributed by atoms with E-state index in [1.807, 2.05) is 6.92 Å². The van der Waals surface area contributed by atoms with Gasteiger partial charge in [-0.25, -0.2) is 8.42 Å². The molecule has 2 rings (SSSR count). The molecule has 0 aliphatic rings. The lowest BCUT2D eigenvalue weighted by Gasteiger charge is -2.01. The molecular weight excluding hydrogens is 334 g/mol. The summed E-state index contributed by atoms with van der Waals surface area (Å²) < 4.78 is 37.1. The van der Waals surface area contributed by atoms with Crippen LogP contribution in [-0.2, 0) is 20.3 Å². The van der Waals surface area contributed by atoms with E-state index in [1.54, 1.807) is 0 Å². The highest BCUT2D eigenvalue weighted by atomic mass is 32.2. The zero-order valence-corrected chi connectivity index (χ0v) is 13.8. The summed E-state index contributed by atoms with van der Waals surface area (Å²) in [5.41, 5.74) is 0.418. The van der Waals surface area contributed by atoms with E-state index in [0.717, 1.165) is 29.5 Å². The number of sulfone groups is 1. The lowest BCUT2D eigenvalue weighted by Crippen LogP contribution is -2.05. The summed E-state index contributed by atoms with van der Waals surface area (Å²) in [5.74, 6) is -0.206. The maximum absolute atomic E-state index is 12.1. The number of nitrogens with zero attached hydrogens (tertiary/aromatic N) is 4. The van der Waals surface area contributed by atoms with Crippen LogP contribution in [-0.4, -0.2) is 47.1 Å². The molecule has 116 valence electrons. The van der Waals surface area contributed by atoms with E-state index in [9.17, 15) is 8.42 Å². The first-order chi connectivity index (χ1) is 10.1. The van der Waals surface area contributed by atoms with Gasteiger partial charge in [0.2, 0.25) is 19.3 Å². The van der Waals surface area contributed by atoms with E-state index in [-0.39, 0.29) is 10.1 Å². The minimum absolute atomic E-state index is 0.0113. The Morgan fingerprint density at radius 3 is 2.95 bits per heavy atom. The van der Waals surface area contributed by atoms with Crippen LogP contribution in [0.5, 0.6) is 0 Å². The highest BCUT2D eigenvalue weighted by Crippen LogP contribution is 2.22. The van der Waals surface area contributed by atoms with Gasteiger partial charge in [-0.15, -0.1) is 10.2 Å². The first-order valence-electron chi connectivity index (χ1n) is 6.26. The summed E-state index contributed by atoms with van der Waals surface area (Å²) in [6.07, 6.45) is 2.26. The van der Waals surface area contributed by atoms with Gasteiger partial charge in [0, 0.05) is 19.8 Å². The van der Waals surface area contributed by atoms with Gasteiger partial charge in [-0.1, -0.05) is 11.3 Å². The van der Waals surface area contributed by atoms with Crippen molar-refractivity contribution in [3.63, 3.8) is 0 Å². The lowest BCUT2D eigenvalue weighted by atomic mass is 10.4. The fraction of sp³-hybridized carbons (Fsp3) is 0.600. The van der Waals surface area contributed by atoms with Crippen molar-refractivity contribution in [3.8, 4) is 0 Å². The van der Waals surface area contributed by atoms with Gasteiger partial charge in [0.15, 0.2) is 0 Å². The molecule has 0 saturated heterocycles. The normalized spacial score (nSPS) is 11.7. The SMILES string of the molecule is CCOCCCNc1nnc(S(=O)(=O)Cc2cnsn2)s1. The Balaban J connectivity index is 1.89. The molecule has 0 atom stereocenters. The fourth-order valence-corrected chi connectivity index (χ4v) is 4.18. The van der Waals surface area contributed by atoms with E-state index >= 15 is 0 Å². The van der Waals surface area contributed by atoms with Crippen molar-refractivity contribution in [1.82, 2.24) is 18.9 Å². The third-order valence-corrected chi connectivity index (χ3v) is 5.86. The minimum Gasteiger partial charge on any atom is -0.382 e. The van der Waals surface area contributed by atoms with Crippen molar-refractivity contribution in [2.45, 2.75) is 23.4 Å². The molecule has 0 radical (unpaired) electrons. The first-order valence-corrected chi connectivity index (χ1v) is 9.46. The predicted molar refractivity (Wildman–Crippen MR) is 80.3 cm³/mol. The Morgan fingerprint density at radius 2 is 2.24 bits per heavy atom. The largest absolute Gasteiger partial charge is 0.382 e. The Hall–Kier alpha value is -1.17. The second kappa shape index (κ2) is 7.73. The Morgan fingerprint density at radius 1 is 1.38 bits per heavy atom. The fourth-order valence-electron chi connectivity index (χ4n) is 1.42. The quantitative estimate of drug-likeness (QED) is 0.673. The van der Waals surface area contributed by atoms with Gasteiger partial charge in [0.05, 0.1) is 23.6 Å². The molecule has 0 aliphatic carbocycles. The Bertz CT molecular complexity index is 641. The molecule has 0 fully saturated rings. The summed E-state index contributed by atoms with van der Waals surface area (Å²) in [6.45, 7) is 3.94. The summed E-state index contributed by atoms with van der Waals surface area (Å²) >= 11 is 2.00. The van der Waals surface area contributed by atoms with Crippen molar-refractivity contribution < 1.29 is 13.2 Å². The maximum Gasteiger partial charge on any atom is 0.234 e. The summed E-state index contributed by atoms with van der Waals surface area (Å²) in [6, 6.07) is 0. The van der Waals surface area contributed by atoms with Gasteiger partial charge < -0.3 is 10.1 Å². The van der Waals surface area contributed by atoms with Crippen LogP contribution in [0.1, 0.15) is 19.0 Å². The minimum atomic E-state index is -3.52. The van der Waals surface area contributed by atoms with Crippen LogP contribution in [0.15, 0.2) is 10.5 Å². The standard InChI is InChI=1S/C10H15N5O3S3/c1-2-18-5-3-4-11-9-13-14-10(19-9)21(16,17)7-8-6-12-20-15-8/h6H,2-5,7H2,1H3,(H,11,13). The third kappa shape index (κ3) is 4.95. The molecule has 21 heavy (non-hydrogen) atoms. The van der Waals surface area contributed by atoms with Crippen molar-refractivity contribution in [2.24, 2.45) is 0 Å². The highest BCUT2D eigenvalue weighted by Gasteiger charge is 2.22. The van der Waals surface area contributed by atoms with Gasteiger partial charge in [0.25, 0.3) is 0 Å². The average molecular weight is 349 g/mol. The first kappa shape index (κ1) is 16.2. The second-order valence-corrected chi connectivity index (χ2v) is 7.71. The molecule has 2 aromatic rings. The zero-order valence-electron chi connectivity index (χ0n) is 11.4. The predicted octanol–water partition coefficient (Wildman–Crippen LogP) is 1.20. The number of anilines is 1. The topological polar surface area (TPSA) is 107 Å². The average Bonchev–Trinajstić information content (AvgIpc) is 3.09. The number of rotatable bonds is 9. The Kier molecular flexibility index (Phi) is 5.96. The molecule has 0 aliphatic heterocycles. The van der Waals surface area contributed by atoms with Crippen molar-refractivity contribution in [1.29, 1.82) is 0 Å². The van der Waals surface area contributed by atoms with Crippen LogP contribution in [0.2, 0.25) is 0 Å². The molecule has 1 N–H and O–H groups in total. The van der Waals surface area contributed by atoms with Gasteiger partial charge in [0.1, 0.15) is 5.75 Å². The van der Waals surface area contributed by atoms with Crippen LogP contribution in [0.3, 0.4) is 0 Å². The van der Waals surface area contributed by atoms with Crippen LogP contribution in [0.25, 0.3) is 0 Å². The maximum atomic E-state index is 12.1. The highest BCUT2D eigenvalue weighted by molar-refractivity contribution is 7.92. The third-order valence-electron chi connectivity index (χ3n) is 2.36. The molecule has 0 bridgehead atoms. The van der Waals surface area contributed by atoms with E-state index in [4.69, 9.17) is 4.74 Å². The van der Waals surface area contributed by atoms with Crippen molar-refractivity contribution in [2.75, 3.05) is 25.1 Å². The molecule has 0 unspecified atom stereocenters. The molecule has 0 saturated carbocycles. The summed E-state index contributed by atoms with van der Waals surface area (Å²) in [4.78, 5) is 0. The van der Waals surface area contributed by atoms with Gasteiger partial charge in [-0.05, 0) is 13.3 Å². The summed E-state index contributed by atoms with van der Waals surface area (Å²) in [5, 5.41) is 11.1. The molecule has 2 heterocycles. The zero-order chi connectivity index (χ0) is 15.1. The van der Waals surface area contributed by atoms with E-state index < -0.39 is 9.84 Å². The molecule has 0 amide bonds. The van der Waals surface area contributed by atoms with E-state index in [2.05, 4.69) is 24.3 Å². The molecular formula is C10H15N5O3S3. The lowest BCUT2D eigenvalue weighted by molar-refractivity contribution is 0.147. The molecule has 0 spiro atoms. The van der Waals surface area contributed by atoms with Gasteiger partial charge in [-0.2, -0.15) is 8.75 Å². The number of nitrogens with one attached hydrogen (secondary N) is 1. The van der Waals surface area contributed by atoms with Crippen LogP contribution in [0, 0.1) is 0 Å². The van der Waals surface area contributed by atoms with Gasteiger partial charge in [-0.3, -0.25) is 0 Å². The Labute approximate surface area is 130 Å². The van der Waals surface area contributed by atoms with Crippen molar-refractivity contribution >= 4 is 38.0 Å². The molecule has 8 nitrogen and oxygen atoms in total.